The summed E-state index contributed by atoms with van der Waals surface area (Å²) >= 11 is 0. The molecule has 0 unspecified atom stereocenters. The Balaban J connectivity index is 2.20. The highest BCUT2D eigenvalue weighted by atomic mass is 16.5. The van der Waals surface area contributed by atoms with Gasteiger partial charge in [-0.3, -0.25) is 4.79 Å². The first-order valence-electron chi connectivity index (χ1n) is 8.41. The molecule has 0 aromatic heterocycles. The topological polar surface area (TPSA) is 53.0 Å². The molecule has 1 N–H and O–H groups in total. The molecule has 1 fully saturated rings. The second-order valence-corrected chi connectivity index (χ2v) is 7.03. The number of hydrogen-bond donors (Lipinski definition) is 1. The maximum Gasteiger partial charge on any atom is 0.258 e. The van der Waals surface area contributed by atoms with Gasteiger partial charge < -0.3 is 14.8 Å². The molecule has 0 bridgehead atoms. The van der Waals surface area contributed by atoms with Crippen molar-refractivity contribution in [1.82, 2.24) is 9.96 Å². The van der Waals surface area contributed by atoms with E-state index in [1.165, 1.54) is 10.6 Å². The van der Waals surface area contributed by atoms with Crippen molar-refractivity contribution in [2.45, 2.75) is 39.2 Å². The first-order valence-corrected chi connectivity index (χ1v) is 8.41. The second-order valence-electron chi connectivity index (χ2n) is 7.03. The second kappa shape index (κ2) is 5.90. The Morgan fingerprint density at radius 1 is 1.12 bits per heavy atom. The van der Waals surface area contributed by atoms with Gasteiger partial charge in [0, 0.05) is 20.1 Å². The fraction of sp³-hybridized carbons (Fsp3) is 0.526. The number of hydrogen-bond acceptors (Lipinski definition) is 4. The monoisotopic (exact) mass is 330 g/mol. The summed E-state index contributed by atoms with van der Waals surface area (Å²) in [6.07, 6.45) is 1.34. The molecular weight excluding hydrogens is 304 g/mol. The van der Waals surface area contributed by atoms with Crippen LogP contribution < -0.4 is 0 Å². The molecular formula is C19H26N2O3. The molecule has 0 atom stereocenters. The van der Waals surface area contributed by atoms with Gasteiger partial charge in [-0.05, 0) is 50.3 Å². The van der Waals surface area contributed by atoms with E-state index in [-0.39, 0.29) is 5.91 Å². The summed E-state index contributed by atoms with van der Waals surface area (Å²) in [7, 11) is 3.49. The number of nitrogens with zero attached hydrogens (tertiary/aromatic N) is 2. The van der Waals surface area contributed by atoms with E-state index in [1.807, 2.05) is 25.8 Å². The molecule has 0 radical (unpaired) electrons. The van der Waals surface area contributed by atoms with Crippen LogP contribution in [0, 0.1) is 20.8 Å². The zero-order chi connectivity index (χ0) is 17.6. The lowest BCUT2D eigenvalue weighted by atomic mass is 9.84. The van der Waals surface area contributed by atoms with Crippen LogP contribution in [0.1, 0.15) is 35.1 Å². The van der Waals surface area contributed by atoms with Crippen LogP contribution in [0.25, 0.3) is 5.57 Å². The van der Waals surface area contributed by atoms with E-state index in [2.05, 4.69) is 19.1 Å². The number of hydroxylamine groups is 2. The van der Waals surface area contributed by atoms with Gasteiger partial charge in [0.15, 0.2) is 0 Å². The van der Waals surface area contributed by atoms with Crippen LogP contribution in [-0.4, -0.2) is 53.9 Å². The third-order valence-electron chi connectivity index (χ3n) is 5.51. The molecule has 2 aliphatic rings. The van der Waals surface area contributed by atoms with Crippen molar-refractivity contribution in [3.63, 3.8) is 0 Å². The smallest absolute Gasteiger partial charge is 0.258 e. The molecule has 1 saturated heterocycles. The first kappa shape index (κ1) is 17.0. The van der Waals surface area contributed by atoms with Crippen LogP contribution in [0.4, 0.5) is 0 Å². The molecule has 2 heterocycles. The van der Waals surface area contributed by atoms with Crippen LogP contribution in [0.2, 0.25) is 0 Å². The fourth-order valence-electron chi connectivity index (χ4n) is 4.36. The molecule has 1 spiro atoms. The molecule has 1 aromatic rings. The lowest BCUT2D eigenvalue weighted by Gasteiger charge is -2.42. The van der Waals surface area contributed by atoms with Crippen molar-refractivity contribution >= 4 is 11.5 Å². The predicted octanol–water partition coefficient (Wildman–Crippen LogP) is 2.67. The van der Waals surface area contributed by atoms with E-state index in [1.54, 1.807) is 7.11 Å². The summed E-state index contributed by atoms with van der Waals surface area (Å²) in [5.41, 5.74) is 4.59. The number of ether oxygens (including phenoxy) is 1. The molecule has 5 nitrogen and oxygen atoms in total. The van der Waals surface area contributed by atoms with E-state index in [9.17, 15) is 10.0 Å². The van der Waals surface area contributed by atoms with Crippen LogP contribution in [-0.2, 0) is 9.53 Å². The van der Waals surface area contributed by atoms with Gasteiger partial charge >= 0.3 is 0 Å². The minimum Gasteiger partial charge on any atom is -0.498 e. The molecule has 2 aliphatic heterocycles. The summed E-state index contributed by atoms with van der Waals surface area (Å²) in [4.78, 5) is 14.9. The number of rotatable bonds is 2. The van der Waals surface area contributed by atoms with Crippen LogP contribution >= 0.6 is 0 Å². The molecule has 3 rings (SSSR count). The van der Waals surface area contributed by atoms with Crippen LogP contribution in [0.3, 0.4) is 0 Å². The minimum atomic E-state index is -0.454. The number of amides is 1. The maximum absolute atomic E-state index is 13.1. The van der Waals surface area contributed by atoms with Crippen molar-refractivity contribution < 1.29 is 14.7 Å². The summed E-state index contributed by atoms with van der Waals surface area (Å²) < 4.78 is 5.80. The summed E-state index contributed by atoms with van der Waals surface area (Å²) in [6, 6.07) is 4.22. The van der Waals surface area contributed by atoms with E-state index in [4.69, 9.17) is 4.74 Å². The number of carbonyl (C=O) groups excluding carboxylic acids is 1. The highest BCUT2D eigenvalue weighted by Gasteiger charge is 2.53. The lowest BCUT2D eigenvalue weighted by Crippen LogP contribution is -2.53. The molecule has 24 heavy (non-hydrogen) atoms. The van der Waals surface area contributed by atoms with E-state index in [0.717, 1.165) is 22.4 Å². The Hall–Kier alpha value is -1.85. The van der Waals surface area contributed by atoms with Crippen LogP contribution in [0.5, 0.6) is 0 Å². The Bertz CT molecular complexity index is 692. The Morgan fingerprint density at radius 3 is 2.17 bits per heavy atom. The molecule has 1 amide bonds. The van der Waals surface area contributed by atoms with Crippen LogP contribution in [0.15, 0.2) is 17.9 Å². The Labute approximate surface area is 143 Å². The Morgan fingerprint density at radius 2 is 1.67 bits per heavy atom. The summed E-state index contributed by atoms with van der Waals surface area (Å²) in [5, 5.41) is 11.1. The van der Waals surface area contributed by atoms with E-state index < -0.39 is 5.54 Å². The van der Waals surface area contributed by atoms with Crippen molar-refractivity contribution in [3.05, 3.63) is 40.1 Å². The highest BCUT2D eigenvalue weighted by molar-refractivity contribution is 6.23. The lowest BCUT2D eigenvalue weighted by molar-refractivity contribution is -0.142. The van der Waals surface area contributed by atoms with E-state index in [0.29, 0.717) is 31.5 Å². The third-order valence-corrected chi connectivity index (χ3v) is 5.51. The average Bonchev–Trinajstić information content (AvgIpc) is 2.71. The SMILES string of the molecule is COC1=C(c2c(C)cc(C)cc2C)C(=O)N(C)C12CCN(O)CC2. The fourth-order valence-corrected chi connectivity index (χ4v) is 4.36. The van der Waals surface area contributed by atoms with Crippen molar-refractivity contribution in [3.8, 4) is 0 Å². The van der Waals surface area contributed by atoms with Crippen molar-refractivity contribution in [1.29, 1.82) is 0 Å². The van der Waals surface area contributed by atoms with Gasteiger partial charge in [-0.1, -0.05) is 17.7 Å². The third kappa shape index (κ3) is 2.34. The van der Waals surface area contributed by atoms with Gasteiger partial charge in [-0.15, -0.1) is 0 Å². The van der Waals surface area contributed by atoms with Gasteiger partial charge in [0.1, 0.15) is 11.3 Å². The number of methoxy groups -OCH3 is 1. The van der Waals surface area contributed by atoms with Gasteiger partial charge in [-0.2, -0.15) is 5.06 Å². The highest BCUT2D eigenvalue weighted by Crippen LogP contribution is 2.46. The standard InChI is InChI=1S/C19H26N2O3/c1-12-10-13(2)15(14(3)11-12)16-17(24-5)19(20(4)18(16)22)6-8-21(23)9-7-19/h10-11,23H,6-9H2,1-5H3. The molecule has 1 aromatic carbocycles. The number of likely N-dealkylation sites (N-methyl/N-ethyl adjacent to an activating group) is 1. The zero-order valence-corrected chi connectivity index (χ0v) is 15.1. The average molecular weight is 330 g/mol. The minimum absolute atomic E-state index is 0.00768. The zero-order valence-electron chi connectivity index (χ0n) is 15.1. The Kier molecular flexibility index (Phi) is 4.18. The normalized spacial score (nSPS) is 21.1. The van der Waals surface area contributed by atoms with Crippen molar-refractivity contribution in [2.24, 2.45) is 0 Å². The number of carbonyl (C=O) groups is 1. The first-order chi connectivity index (χ1) is 11.3. The predicted molar refractivity (Wildman–Crippen MR) is 92.7 cm³/mol. The van der Waals surface area contributed by atoms with Gasteiger partial charge in [0.25, 0.3) is 5.91 Å². The molecule has 0 saturated carbocycles. The number of piperidine rings is 1. The quantitative estimate of drug-likeness (QED) is 0.906. The maximum atomic E-state index is 13.1. The molecule has 0 aliphatic carbocycles. The van der Waals surface area contributed by atoms with Gasteiger partial charge in [0.05, 0.1) is 12.7 Å². The number of benzene rings is 1. The van der Waals surface area contributed by atoms with Gasteiger partial charge in [0.2, 0.25) is 0 Å². The summed E-state index contributed by atoms with van der Waals surface area (Å²) in [5.74, 6) is 0.756. The summed E-state index contributed by atoms with van der Waals surface area (Å²) in [6.45, 7) is 7.22. The largest absolute Gasteiger partial charge is 0.498 e. The molecule has 130 valence electrons. The van der Waals surface area contributed by atoms with E-state index >= 15 is 0 Å². The number of aryl methyl sites for hydroxylation is 3. The van der Waals surface area contributed by atoms with Crippen molar-refractivity contribution in [2.75, 3.05) is 27.2 Å². The van der Waals surface area contributed by atoms with Gasteiger partial charge in [-0.25, -0.2) is 0 Å². The molecule has 5 heteroatoms.